The van der Waals surface area contributed by atoms with Gasteiger partial charge in [-0.05, 0) is 36.9 Å². The lowest BCUT2D eigenvalue weighted by atomic mass is 10.2. The normalized spacial score (nSPS) is 18.9. The van der Waals surface area contributed by atoms with Gasteiger partial charge in [-0.3, -0.25) is 4.79 Å². The van der Waals surface area contributed by atoms with E-state index in [2.05, 4.69) is 0 Å². The van der Waals surface area contributed by atoms with Crippen LogP contribution in [0.4, 0.5) is 0 Å². The minimum atomic E-state index is 0. The van der Waals surface area contributed by atoms with Gasteiger partial charge in [-0.15, -0.1) is 24.2 Å². The summed E-state index contributed by atoms with van der Waals surface area (Å²) < 4.78 is 0. The fraction of sp³-hybridized carbons (Fsp3) is 0.417. The number of hydrogen-bond donors (Lipinski definition) is 1. The monoisotopic (exact) mass is 272 g/mol. The topological polar surface area (TPSA) is 46.3 Å². The average molecular weight is 273 g/mol. The van der Waals surface area contributed by atoms with Crippen LogP contribution in [0.25, 0.3) is 0 Å². The Hall–Kier alpha value is -0.710. The van der Waals surface area contributed by atoms with Crippen LogP contribution in [0, 0.1) is 0 Å². The molecule has 5 heteroatoms. The Morgan fingerprint density at radius 2 is 2.06 bits per heavy atom. The first-order valence-electron chi connectivity index (χ1n) is 5.39. The van der Waals surface area contributed by atoms with Crippen LogP contribution in [-0.4, -0.2) is 36.2 Å². The predicted octanol–water partition coefficient (Wildman–Crippen LogP) is 2.00. The highest BCUT2D eigenvalue weighted by Gasteiger charge is 2.24. The molecule has 1 amide bonds. The fourth-order valence-electron chi connectivity index (χ4n) is 1.89. The smallest absolute Gasteiger partial charge is 0.253 e. The SMILES string of the molecule is CSc1ccc(C(=O)N2CC[C@@H](N)C2)cc1.Cl. The number of nitrogens with zero attached hydrogens (tertiary/aromatic N) is 1. The molecule has 1 heterocycles. The fourth-order valence-corrected chi connectivity index (χ4v) is 2.30. The van der Waals surface area contributed by atoms with Gasteiger partial charge in [0, 0.05) is 29.6 Å². The molecule has 0 unspecified atom stereocenters. The first-order valence-corrected chi connectivity index (χ1v) is 6.62. The number of carbonyl (C=O) groups is 1. The second-order valence-electron chi connectivity index (χ2n) is 4.03. The third-order valence-electron chi connectivity index (χ3n) is 2.85. The Kier molecular flexibility index (Phi) is 5.31. The Balaban J connectivity index is 0.00000144. The molecule has 0 aliphatic carbocycles. The number of hydrogen-bond acceptors (Lipinski definition) is 3. The first-order chi connectivity index (χ1) is 7.70. The highest BCUT2D eigenvalue weighted by Crippen LogP contribution is 2.17. The van der Waals surface area contributed by atoms with Gasteiger partial charge in [0.15, 0.2) is 0 Å². The van der Waals surface area contributed by atoms with Crippen LogP contribution in [0.2, 0.25) is 0 Å². The third kappa shape index (κ3) is 3.37. The number of thioether (sulfide) groups is 1. The van der Waals surface area contributed by atoms with Crippen LogP contribution < -0.4 is 5.73 Å². The lowest BCUT2D eigenvalue weighted by molar-refractivity contribution is 0.0791. The van der Waals surface area contributed by atoms with E-state index in [4.69, 9.17) is 5.73 Å². The second-order valence-corrected chi connectivity index (χ2v) is 4.91. The Labute approximate surface area is 112 Å². The van der Waals surface area contributed by atoms with Crippen LogP contribution in [0.1, 0.15) is 16.8 Å². The number of rotatable bonds is 2. The van der Waals surface area contributed by atoms with Crippen molar-refractivity contribution < 1.29 is 4.79 Å². The van der Waals surface area contributed by atoms with Gasteiger partial charge in [-0.1, -0.05) is 0 Å². The van der Waals surface area contributed by atoms with Crippen LogP contribution >= 0.6 is 24.2 Å². The van der Waals surface area contributed by atoms with Crippen LogP contribution in [0.3, 0.4) is 0 Å². The first kappa shape index (κ1) is 14.4. The molecule has 94 valence electrons. The number of benzene rings is 1. The van der Waals surface area contributed by atoms with Crippen molar-refractivity contribution in [1.82, 2.24) is 4.90 Å². The summed E-state index contributed by atoms with van der Waals surface area (Å²) in [5.74, 6) is 0.0978. The molecule has 1 aliphatic heterocycles. The summed E-state index contributed by atoms with van der Waals surface area (Å²) in [6.07, 6.45) is 2.94. The second kappa shape index (κ2) is 6.28. The zero-order chi connectivity index (χ0) is 11.5. The molecule has 0 spiro atoms. The molecule has 1 saturated heterocycles. The van der Waals surface area contributed by atoms with E-state index in [1.54, 1.807) is 11.8 Å². The minimum absolute atomic E-state index is 0. The van der Waals surface area contributed by atoms with Gasteiger partial charge < -0.3 is 10.6 Å². The van der Waals surface area contributed by atoms with E-state index in [9.17, 15) is 4.79 Å². The van der Waals surface area contributed by atoms with Gasteiger partial charge in [0.1, 0.15) is 0 Å². The third-order valence-corrected chi connectivity index (χ3v) is 3.59. The largest absolute Gasteiger partial charge is 0.337 e. The molecule has 2 rings (SSSR count). The lowest BCUT2D eigenvalue weighted by Crippen LogP contribution is -2.31. The molecule has 1 aromatic carbocycles. The van der Waals surface area contributed by atoms with Gasteiger partial charge in [0.25, 0.3) is 5.91 Å². The molecule has 3 nitrogen and oxygen atoms in total. The molecule has 0 bridgehead atoms. The molecule has 1 aliphatic rings. The van der Waals surface area contributed by atoms with E-state index >= 15 is 0 Å². The standard InChI is InChI=1S/C12H16N2OS.ClH/c1-16-11-4-2-9(3-5-11)12(15)14-7-6-10(13)8-14;/h2-5,10H,6-8,13H2,1H3;1H/t10-;/m1./s1. The number of carbonyl (C=O) groups excluding carboxylic acids is 1. The predicted molar refractivity (Wildman–Crippen MR) is 74.0 cm³/mol. The Morgan fingerprint density at radius 1 is 1.41 bits per heavy atom. The Bertz CT molecular complexity index is 383. The lowest BCUT2D eigenvalue weighted by Gasteiger charge is -2.15. The van der Waals surface area contributed by atoms with E-state index in [1.807, 2.05) is 35.4 Å². The summed E-state index contributed by atoms with van der Waals surface area (Å²) in [5, 5.41) is 0. The van der Waals surface area contributed by atoms with Crippen LogP contribution in [0.5, 0.6) is 0 Å². The number of likely N-dealkylation sites (tertiary alicyclic amines) is 1. The van der Waals surface area contributed by atoms with Crippen molar-refractivity contribution in [3.05, 3.63) is 29.8 Å². The van der Waals surface area contributed by atoms with Crippen LogP contribution in [-0.2, 0) is 0 Å². The molecule has 1 aromatic rings. The van der Waals surface area contributed by atoms with E-state index in [-0.39, 0.29) is 24.4 Å². The summed E-state index contributed by atoms with van der Waals surface area (Å²) in [6, 6.07) is 7.88. The highest BCUT2D eigenvalue weighted by molar-refractivity contribution is 7.98. The molecule has 1 fully saturated rings. The molecule has 2 N–H and O–H groups in total. The maximum atomic E-state index is 12.1. The number of halogens is 1. The quantitative estimate of drug-likeness (QED) is 0.838. The molecule has 0 radical (unpaired) electrons. The molecular weight excluding hydrogens is 256 g/mol. The highest BCUT2D eigenvalue weighted by atomic mass is 35.5. The van der Waals surface area contributed by atoms with Gasteiger partial charge in [0.05, 0.1) is 0 Å². The maximum Gasteiger partial charge on any atom is 0.253 e. The van der Waals surface area contributed by atoms with E-state index < -0.39 is 0 Å². The number of amides is 1. The van der Waals surface area contributed by atoms with Gasteiger partial charge in [0.2, 0.25) is 0 Å². The van der Waals surface area contributed by atoms with E-state index in [0.717, 1.165) is 18.5 Å². The van der Waals surface area contributed by atoms with E-state index in [0.29, 0.717) is 6.54 Å². The summed E-state index contributed by atoms with van der Waals surface area (Å²) in [4.78, 5) is 15.1. The van der Waals surface area contributed by atoms with E-state index in [1.165, 1.54) is 4.90 Å². The molecule has 0 saturated carbocycles. The summed E-state index contributed by atoms with van der Waals surface area (Å²) >= 11 is 1.68. The molecule has 1 atom stereocenters. The van der Waals surface area contributed by atoms with Crippen molar-refractivity contribution in [2.75, 3.05) is 19.3 Å². The molecule has 17 heavy (non-hydrogen) atoms. The Morgan fingerprint density at radius 3 is 2.53 bits per heavy atom. The van der Waals surface area contributed by atoms with Crippen LogP contribution in [0.15, 0.2) is 29.2 Å². The zero-order valence-electron chi connectivity index (χ0n) is 9.76. The number of nitrogens with two attached hydrogens (primary N) is 1. The van der Waals surface area contributed by atoms with Gasteiger partial charge >= 0.3 is 0 Å². The summed E-state index contributed by atoms with van der Waals surface area (Å²) in [6.45, 7) is 1.47. The van der Waals surface area contributed by atoms with Gasteiger partial charge in [-0.25, -0.2) is 0 Å². The molecular formula is C12H17ClN2OS. The summed E-state index contributed by atoms with van der Waals surface area (Å²) in [7, 11) is 0. The van der Waals surface area contributed by atoms with Crippen molar-refractivity contribution in [2.45, 2.75) is 17.4 Å². The average Bonchev–Trinajstić information content (AvgIpc) is 2.75. The van der Waals surface area contributed by atoms with Crippen molar-refractivity contribution in [3.8, 4) is 0 Å². The van der Waals surface area contributed by atoms with Crippen molar-refractivity contribution in [2.24, 2.45) is 5.73 Å². The van der Waals surface area contributed by atoms with Crippen molar-refractivity contribution >= 4 is 30.1 Å². The zero-order valence-corrected chi connectivity index (χ0v) is 11.4. The van der Waals surface area contributed by atoms with Crippen molar-refractivity contribution in [1.29, 1.82) is 0 Å². The summed E-state index contributed by atoms with van der Waals surface area (Å²) in [5.41, 5.74) is 6.55. The minimum Gasteiger partial charge on any atom is -0.337 e. The molecule has 0 aromatic heterocycles. The maximum absolute atomic E-state index is 12.1. The van der Waals surface area contributed by atoms with Crippen molar-refractivity contribution in [3.63, 3.8) is 0 Å². The van der Waals surface area contributed by atoms with Gasteiger partial charge in [-0.2, -0.15) is 0 Å².